The molecule has 0 aliphatic carbocycles. The average molecular weight is 109 g/mol. The number of hydrogen-bond acceptors (Lipinski definition) is 2. The Morgan fingerprint density at radius 3 is 2.88 bits per heavy atom. The Bertz CT molecular complexity index is 141. The summed E-state index contributed by atoms with van der Waals surface area (Å²) < 4.78 is 0. The van der Waals surface area contributed by atoms with E-state index in [0.717, 1.165) is 0 Å². The average Bonchev–Trinajstić information content (AvgIpc) is 1.83. The molecule has 0 radical (unpaired) electrons. The number of aliphatic hydroxyl groups excluding tert-OH is 1. The Hall–Kier alpha value is -1.07. The van der Waals surface area contributed by atoms with Gasteiger partial charge in [0, 0.05) is 5.57 Å². The number of aliphatic hydroxyl groups is 1. The summed E-state index contributed by atoms with van der Waals surface area (Å²) in [7, 11) is 0. The smallest absolute Gasteiger partial charge is 0.0985 e. The summed E-state index contributed by atoms with van der Waals surface area (Å²) in [6.45, 7) is 3.31. The van der Waals surface area contributed by atoms with Gasteiger partial charge >= 0.3 is 0 Å². The van der Waals surface area contributed by atoms with Crippen LogP contribution >= 0.6 is 0 Å². The molecule has 1 N–H and O–H groups in total. The summed E-state index contributed by atoms with van der Waals surface area (Å²) >= 11 is 0. The topological polar surface area (TPSA) is 44.0 Å². The van der Waals surface area contributed by atoms with Gasteiger partial charge in [-0.15, -0.1) is 0 Å². The van der Waals surface area contributed by atoms with Crippen LogP contribution in [0.15, 0.2) is 24.3 Å². The molecule has 0 amide bonds. The second-order valence-corrected chi connectivity index (χ2v) is 1.22. The standard InChI is InChI=1S/C6H7NO/c1-6(5-7)3-2-4-8/h2-3,8H,1,4H2/b3-2-. The maximum absolute atomic E-state index is 8.17. The van der Waals surface area contributed by atoms with E-state index < -0.39 is 0 Å². The highest BCUT2D eigenvalue weighted by molar-refractivity contribution is 5.28. The summed E-state index contributed by atoms with van der Waals surface area (Å²) in [5, 5.41) is 16.3. The first-order valence-corrected chi connectivity index (χ1v) is 2.17. The van der Waals surface area contributed by atoms with Gasteiger partial charge in [-0.05, 0) is 6.08 Å². The molecule has 8 heavy (non-hydrogen) atoms. The van der Waals surface area contributed by atoms with Crippen molar-refractivity contribution < 1.29 is 5.11 Å². The van der Waals surface area contributed by atoms with Crippen LogP contribution in [0.3, 0.4) is 0 Å². The van der Waals surface area contributed by atoms with Crippen LogP contribution in [0, 0.1) is 11.3 Å². The monoisotopic (exact) mass is 109 g/mol. The fourth-order valence-electron chi connectivity index (χ4n) is 0.232. The first-order chi connectivity index (χ1) is 3.81. The van der Waals surface area contributed by atoms with Gasteiger partial charge in [-0.25, -0.2) is 0 Å². The van der Waals surface area contributed by atoms with Crippen LogP contribution in [0.5, 0.6) is 0 Å². The van der Waals surface area contributed by atoms with Gasteiger partial charge < -0.3 is 5.11 Å². The number of rotatable bonds is 2. The van der Waals surface area contributed by atoms with Crippen LogP contribution in [-0.2, 0) is 0 Å². The zero-order valence-electron chi connectivity index (χ0n) is 4.46. The summed E-state index contributed by atoms with van der Waals surface area (Å²) in [4.78, 5) is 0. The third kappa shape index (κ3) is 3.13. The molecule has 42 valence electrons. The molecule has 0 saturated carbocycles. The molecule has 0 rings (SSSR count). The normalized spacial score (nSPS) is 9.00. The Balaban J connectivity index is 3.58. The van der Waals surface area contributed by atoms with Crippen LogP contribution in [0.2, 0.25) is 0 Å². The first kappa shape index (κ1) is 6.93. The zero-order chi connectivity index (χ0) is 6.41. The summed E-state index contributed by atoms with van der Waals surface area (Å²) in [5.41, 5.74) is 0.360. The summed E-state index contributed by atoms with van der Waals surface area (Å²) in [5.74, 6) is 0. The van der Waals surface area contributed by atoms with Gasteiger partial charge in [0.25, 0.3) is 0 Å². The quantitative estimate of drug-likeness (QED) is 0.417. The fraction of sp³-hybridized carbons (Fsp3) is 0.167. The van der Waals surface area contributed by atoms with Crippen molar-refractivity contribution in [2.45, 2.75) is 0 Å². The number of hydrogen-bond donors (Lipinski definition) is 1. The summed E-state index contributed by atoms with van der Waals surface area (Å²) in [6, 6.07) is 1.81. The maximum atomic E-state index is 8.17. The van der Waals surface area contributed by atoms with Gasteiger partial charge in [0.2, 0.25) is 0 Å². The van der Waals surface area contributed by atoms with Crippen LogP contribution in [-0.4, -0.2) is 11.7 Å². The second kappa shape index (κ2) is 4.10. The Labute approximate surface area is 48.4 Å². The van der Waals surface area contributed by atoms with Crippen LogP contribution in [0.1, 0.15) is 0 Å². The Morgan fingerprint density at radius 2 is 2.50 bits per heavy atom. The largest absolute Gasteiger partial charge is 0.392 e. The molecule has 0 saturated heterocycles. The predicted octanol–water partition coefficient (Wildman–Crippen LogP) is 0.615. The second-order valence-electron chi connectivity index (χ2n) is 1.22. The van der Waals surface area contributed by atoms with Crippen molar-refractivity contribution in [3.63, 3.8) is 0 Å². The summed E-state index contributed by atoms with van der Waals surface area (Å²) in [6.07, 6.45) is 2.94. The van der Waals surface area contributed by atoms with Gasteiger partial charge in [0.1, 0.15) is 0 Å². The molecule has 2 nitrogen and oxygen atoms in total. The number of nitrogens with zero attached hydrogens (tertiary/aromatic N) is 1. The van der Waals surface area contributed by atoms with Gasteiger partial charge in [-0.3, -0.25) is 0 Å². The van der Waals surface area contributed by atoms with Crippen molar-refractivity contribution in [1.82, 2.24) is 0 Å². The number of allylic oxidation sites excluding steroid dienone is 2. The molecular weight excluding hydrogens is 102 g/mol. The molecule has 2 heteroatoms. The molecular formula is C6H7NO. The lowest BCUT2D eigenvalue weighted by atomic mass is 10.3. The van der Waals surface area contributed by atoms with Crippen molar-refractivity contribution in [3.8, 4) is 6.07 Å². The van der Waals surface area contributed by atoms with Crippen molar-refractivity contribution in [1.29, 1.82) is 5.26 Å². The Morgan fingerprint density at radius 1 is 1.88 bits per heavy atom. The van der Waals surface area contributed by atoms with Crippen LogP contribution in [0.4, 0.5) is 0 Å². The minimum absolute atomic E-state index is 0.0410. The van der Waals surface area contributed by atoms with Gasteiger partial charge in [0.05, 0.1) is 12.7 Å². The highest BCUT2D eigenvalue weighted by Crippen LogP contribution is 1.86. The molecule has 0 unspecified atom stereocenters. The van der Waals surface area contributed by atoms with Crippen LogP contribution < -0.4 is 0 Å². The molecule has 0 aromatic rings. The van der Waals surface area contributed by atoms with Crippen molar-refractivity contribution in [2.75, 3.05) is 6.61 Å². The lowest BCUT2D eigenvalue weighted by Crippen LogP contribution is -1.71. The Kier molecular flexibility index (Phi) is 3.55. The highest BCUT2D eigenvalue weighted by atomic mass is 16.2. The highest BCUT2D eigenvalue weighted by Gasteiger charge is 1.76. The van der Waals surface area contributed by atoms with E-state index in [2.05, 4.69) is 6.58 Å². The lowest BCUT2D eigenvalue weighted by molar-refractivity contribution is 0.342. The number of nitriles is 1. The van der Waals surface area contributed by atoms with E-state index in [4.69, 9.17) is 10.4 Å². The molecule has 0 spiro atoms. The van der Waals surface area contributed by atoms with E-state index in [1.807, 2.05) is 6.07 Å². The van der Waals surface area contributed by atoms with E-state index >= 15 is 0 Å². The lowest BCUT2D eigenvalue weighted by Gasteiger charge is -1.77. The molecule has 0 fully saturated rings. The molecule has 0 heterocycles. The molecule has 0 aromatic heterocycles. The molecule has 0 bridgehead atoms. The predicted molar refractivity (Wildman–Crippen MR) is 31.0 cm³/mol. The molecule has 0 aliphatic rings. The molecule has 0 aliphatic heterocycles. The SMILES string of the molecule is C=C(C#N)/C=C\CO. The maximum Gasteiger partial charge on any atom is 0.0985 e. The molecule has 0 atom stereocenters. The van der Waals surface area contributed by atoms with E-state index in [9.17, 15) is 0 Å². The van der Waals surface area contributed by atoms with E-state index in [1.165, 1.54) is 12.2 Å². The van der Waals surface area contributed by atoms with Gasteiger partial charge in [-0.2, -0.15) is 5.26 Å². The zero-order valence-corrected chi connectivity index (χ0v) is 4.46. The minimum atomic E-state index is -0.0410. The first-order valence-electron chi connectivity index (χ1n) is 2.17. The van der Waals surface area contributed by atoms with Crippen molar-refractivity contribution >= 4 is 0 Å². The van der Waals surface area contributed by atoms with Crippen molar-refractivity contribution in [3.05, 3.63) is 24.3 Å². The van der Waals surface area contributed by atoms with Crippen molar-refractivity contribution in [2.24, 2.45) is 0 Å². The third-order valence-corrected chi connectivity index (χ3v) is 0.568. The third-order valence-electron chi connectivity index (χ3n) is 0.568. The molecule has 0 aromatic carbocycles. The fourth-order valence-corrected chi connectivity index (χ4v) is 0.232. The van der Waals surface area contributed by atoms with Gasteiger partial charge in [0.15, 0.2) is 0 Å². The van der Waals surface area contributed by atoms with Crippen LogP contribution in [0.25, 0.3) is 0 Å². The van der Waals surface area contributed by atoms with E-state index in [1.54, 1.807) is 0 Å². The van der Waals surface area contributed by atoms with E-state index in [-0.39, 0.29) is 6.61 Å². The minimum Gasteiger partial charge on any atom is -0.392 e. The van der Waals surface area contributed by atoms with E-state index in [0.29, 0.717) is 5.57 Å². The van der Waals surface area contributed by atoms with Gasteiger partial charge in [-0.1, -0.05) is 12.7 Å².